The first-order valence-corrected chi connectivity index (χ1v) is 7.10. The first-order chi connectivity index (χ1) is 10.6. The zero-order chi connectivity index (χ0) is 15.9. The number of anilines is 1. The molecule has 1 aromatic carbocycles. The second-order valence-corrected chi connectivity index (χ2v) is 4.79. The summed E-state index contributed by atoms with van der Waals surface area (Å²) >= 11 is 0. The molecule has 2 aromatic rings. The Balaban J connectivity index is 2.15. The zero-order valence-electron chi connectivity index (χ0n) is 12.7. The predicted molar refractivity (Wildman–Crippen MR) is 83.0 cm³/mol. The van der Waals surface area contributed by atoms with E-state index in [2.05, 4.69) is 15.3 Å². The van der Waals surface area contributed by atoms with Crippen molar-refractivity contribution in [1.82, 2.24) is 9.97 Å². The second-order valence-electron chi connectivity index (χ2n) is 4.79. The van der Waals surface area contributed by atoms with Crippen molar-refractivity contribution in [1.29, 1.82) is 0 Å². The van der Waals surface area contributed by atoms with Gasteiger partial charge >= 0.3 is 5.97 Å². The smallest absolute Gasteiger partial charge is 0.341 e. The van der Waals surface area contributed by atoms with Crippen molar-refractivity contribution < 1.29 is 14.6 Å². The van der Waals surface area contributed by atoms with Crippen LogP contribution < -0.4 is 10.1 Å². The number of rotatable bonds is 7. The van der Waals surface area contributed by atoms with E-state index in [1.165, 1.54) is 0 Å². The van der Waals surface area contributed by atoms with Gasteiger partial charge in [0.15, 0.2) is 6.61 Å². The molecule has 22 heavy (non-hydrogen) atoms. The van der Waals surface area contributed by atoms with Gasteiger partial charge in [-0.1, -0.05) is 37.3 Å². The van der Waals surface area contributed by atoms with E-state index >= 15 is 0 Å². The van der Waals surface area contributed by atoms with Crippen molar-refractivity contribution in [2.24, 2.45) is 0 Å². The Bertz CT molecular complexity index is 645. The van der Waals surface area contributed by atoms with E-state index in [0.29, 0.717) is 24.8 Å². The van der Waals surface area contributed by atoms with Gasteiger partial charge in [-0.2, -0.15) is 4.98 Å². The van der Waals surface area contributed by atoms with Gasteiger partial charge in [-0.05, 0) is 18.9 Å². The number of carbonyl (C=O) groups is 1. The van der Waals surface area contributed by atoms with Gasteiger partial charge in [-0.15, -0.1) is 0 Å². The number of aryl methyl sites for hydroxylation is 1. The molecule has 0 radical (unpaired) electrons. The van der Waals surface area contributed by atoms with E-state index in [9.17, 15) is 4.79 Å². The predicted octanol–water partition coefficient (Wildman–Crippen LogP) is 2.42. The lowest BCUT2D eigenvalue weighted by Crippen LogP contribution is -2.14. The van der Waals surface area contributed by atoms with Crippen molar-refractivity contribution in [3.05, 3.63) is 47.2 Å². The van der Waals surface area contributed by atoms with Gasteiger partial charge in [0.05, 0.1) is 0 Å². The molecule has 6 heteroatoms. The van der Waals surface area contributed by atoms with Crippen molar-refractivity contribution >= 4 is 11.9 Å². The van der Waals surface area contributed by atoms with Crippen molar-refractivity contribution in [2.75, 3.05) is 11.9 Å². The molecule has 0 spiro atoms. The molecule has 6 nitrogen and oxygen atoms in total. The zero-order valence-corrected chi connectivity index (χ0v) is 12.7. The third-order valence-corrected chi connectivity index (χ3v) is 3.16. The van der Waals surface area contributed by atoms with Crippen LogP contribution in [0.15, 0.2) is 30.3 Å². The number of aliphatic carboxylic acids is 1. The minimum Gasteiger partial charge on any atom is -0.479 e. The Morgan fingerprint density at radius 3 is 2.64 bits per heavy atom. The van der Waals surface area contributed by atoms with Crippen LogP contribution in [0, 0.1) is 6.92 Å². The highest BCUT2D eigenvalue weighted by Gasteiger charge is 2.12. The molecule has 0 fully saturated rings. The van der Waals surface area contributed by atoms with E-state index in [1.54, 1.807) is 0 Å². The third kappa shape index (κ3) is 4.18. The highest BCUT2D eigenvalue weighted by molar-refractivity contribution is 5.68. The molecular weight excluding hydrogens is 282 g/mol. The van der Waals surface area contributed by atoms with E-state index in [-0.39, 0.29) is 0 Å². The number of nitrogens with one attached hydrogen (secondary N) is 1. The van der Waals surface area contributed by atoms with Crippen molar-refractivity contribution in [3.63, 3.8) is 0 Å². The van der Waals surface area contributed by atoms with Crippen LogP contribution in [0.4, 0.5) is 5.95 Å². The maximum atomic E-state index is 10.7. The average Bonchev–Trinajstić information content (AvgIpc) is 2.51. The van der Waals surface area contributed by atoms with Gasteiger partial charge in [-0.3, -0.25) is 0 Å². The molecular formula is C16H19N3O3. The summed E-state index contributed by atoms with van der Waals surface area (Å²) in [5.41, 5.74) is 2.72. The molecule has 0 atom stereocenters. The van der Waals surface area contributed by atoms with Crippen molar-refractivity contribution in [2.45, 2.75) is 26.8 Å². The van der Waals surface area contributed by atoms with Crippen LogP contribution in [0.25, 0.3) is 0 Å². The highest BCUT2D eigenvalue weighted by atomic mass is 16.5. The van der Waals surface area contributed by atoms with Crippen molar-refractivity contribution in [3.8, 4) is 5.88 Å². The quantitative estimate of drug-likeness (QED) is 0.817. The molecule has 0 amide bonds. The number of hydrogen-bond donors (Lipinski definition) is 2. The Morgan fingerprint density at radius 2 is 2.00 bits per heavy atom. The number of ether oxygens (including phenoxy) is 1. The molecule has 1 aromatic heterocycles. The Hall–Kier alpha value is -2.63. The second kappa shape index (κ2) is 7.40. The van der Waals surface area contributed by atoms with E-state index in [0.717, 1.165) is 16.8 Å². The molecule has 0 aliphatic rings. The molecule has 0 aliphatic heterocycles. The fourth-order valence-electron chi connectivity index (χ4n) is 2.08. The number of hydrogen-bond acceptors (Lipinski definition) is 5. The standard InChI is InChI=1S/C16H19N3O3/c1-3-13-11(2)18-16(19-15(13)22-10-14(20)21)17-9-12-7-5-4-6-8-12/h4-8H,3,9-10H2,1-2H3,(H,20,21)(H,17,18,19). The monoisotopic (exact) mass is 301 g/mol. The lowest BCUT2D eigenvalue weighted by atomic mass is 10.2. The maximum Gasteiger partial charge on any atom is 0.341 e. The molecule has 0 saturated carbocycles. The number of carboxylic acid groups (broad SMARTS) is 1. The Morgan fingerprint density at radius 1 is 1.27 bits per heavy atom. The van der Waals surface area contributed by atoms with E-state index in [1.807, 2.05) is 44.2 Å². The molecule has 2 rings (SSSR count). The molecule has 116 valence electrons. The fraction of sp³-hybridized carbons (Fsp3) is 0.312. The third-order valence-electron chi connectivity index (χ3n) is 3.16. The normalized spacial score (nSPS) is 10.3. The molecule has 0 saturated heterocycles. The lowest BCUT2D eigenvalue weighted by Gasteiger charge is -2.13. The highest BCUT2D eigenvalue weighted by Crippen LogP contribution is 2.21. The number of aromatic nitrogens is 2. The SMILES string of the molecule is CCc1c(C)nc(NCc2ccccc2)nc1OCC(=O)O. The van der Waals surface area contributed by atoms with Crippen LogP contribution >= 0.6 is 0 Å². The molecule has 1 heterocycles. The van der Waals surface area contributed by atoms with Crippen LogP contribution in [0.2, 0.25) is 0 Å². The molecule has 0 unspecified atom stereocenters. The molecule has 0 aliphatic carbocycles. The minimum atomic E-state index is -1.03. The van der Waals surface area contributed by atoms with Crippen LogP contribution in [0.3, 0.4) is 0 Å². The van der Waals surface area contributed by atoms with E-state index < -0.39 is 12.6 Å². The van der Waals surface area contributed by atoms with Crippen LogP contribution in [-0.4, -0.2) is 27.7 Å². The van der Waals surface area contributed by atoms with Gasteiger partial charge in [0.2, 0.25) is 11.8 Å². The summed E-state index contributed by atoms with van der Waals surface area (Å²) in [5, 5.41) is 11.9. The lowest BCUT2D eigenvalue weighted by molar-refractivity contribution is -0.139. The summed E-state index contributed by atoms with van der Waals surface area (Å²) in [6.45, 7) is 3.99. The van der Waals surface area contributed by atoms with Gasteiger partial charge in [0.25, 0.3) is 0 Å². The summed E-state index contributed by atoms with van der Waals surface area (Å²) in [6, 6.07) is 9.89. The molecule has 2 N–H and O–H groups in total. The van der Waals surface area contributed by atoms with Gasteiger partial charge < -0.3 is 15.2 Å². The van der Waals surface area contributed by atoms with Crippen LogP contribution in [0.1, 0.15) is 23.7 Å². The summed E-state index contributed by atoms with van der Waals surface area (Å²) in [4.78, 5) is 19.3. The largest absolute Gasteiger partial charge is 0.479 e. The van der Waals surface area contributed by atoms with Gasteiger partial charge in [0.1, 0.15) is 0 Å². The Kier molecular flexibility index (Phi) is 5.30. The summed E-state index contributed by atoms with van der Waals surface area (Å²) in [7, 11) is 0. The number of benzene rings is 1. The first kappa shape index (κ1) is 15.8. The summed E-state index contributed by atoms with van der Waals surface area (Å²) < 4.78 is 5.27. The summed E-state index contributed by atoms with van der Waals surface area (Å²) in [6.07, 6.45) is 0.680. The Labute approximate surface area is 129 Å². The number of nitrogens with zero attached hydrogens (tertiary/aromatic N) is 2. The fourth-order valence-corrected chi connectivity index (χ4v) is 2.08. The van der Waals surface area contributed by atoms with Gasteiger partial charge in [-0.25, -0.2) is 9.78 Å². The minimum absolute atomic E-state index is 0.327. The van der Waals surface area contributed by atoms with Crippen LogP contribution in [0.5, 0.6) is 5.88 Å². The van der Waals surface area contributed by atoms with Gasteiger partial charge in [0, 0.05) is 17.8 Å². The van der Waals surface area contributed by atoms with Crippen LogP contribution in [-0.2, 0) is 17.8 Å². The summed E-state index contributed by atoms with van der Waals surface area (Å²) in [5.74, 6) is -0.274. The maximum absolute atomic E-state index is 10.7. The van der Waals surface area contributed by atoms with E-state index in [4.69, 9.17) is 9.84 Å². The molecule has 0 bridgehead atoms. The first-order valence-electron chi connectivity index (χ1n) is 7.10. The number of carboxylic acids is 1. The average molecular weight is 301 g/mol. The topological polar surface area (TPSA) is 84.3 Å².